The summed E-state index contributed by atoms with van der Waals surface area (Å²) in [5.41, 5.74) is -0.739. The van der Waals surface area contributed by atoms with Crippen molar-refractivity contribution in [3.05, 3.63) is 23.9 Å². The van der Waals surface area contributed by atoms with E-state index in [2.05, 4.69) is 15.2 Å². The Labute approximate surface area is 164 Å². The number of carbonyl (C=O) groups is 1. The van der Waals surface area contributed by atoms with E-state index in [-0.39, 0.29) is 24.2 Å². The number of hydrogen-bond donors (Lipinski definition) is 1. The smallest absolute Gasteiger partial charge is 0.355 e. The van der Waals surface area contributed by atoms with Crippen molar-refractivity contribution in [2.24, 2.45) is 5.92 Å². The molecule has 0 saturated carbocycles. The summed E-state index contributed by atoms with van der Waals surface area (Å²) in [4.78, 5) is 20.5. The number of nitrogens with one attached hydrogen (secondary N) is 1. The summed E-state index contributed by atoms with van der Waals surface area (Å²) < 4.78 is 39.8. The minimum absolute atomic E-state index is 0.0657. The second-order valence-electron chi connectivity index (χ2n) is 7.70. The van der Waals surface area contributed by atoms with E-state index in [4.69, 9.17) is 0 Å². The van der Waals surface area contributed by atoms with Crippen LogP contribution < -0.4 is 10.2 Å². The Kier molecular flexibility index (Phi) is 7.15. The number of amides is 1. The van der Waals surface area contributed by atoms with Crippen molar-refractivity contribution in [3.8, 4) is 0 Å². The lowest BCUT2D eigenvalue weighted by Crippen LogP contribution is -2.45. The fourth-order valence-electron chi connectivity index (χ4n) is 4.10. The molecule has 1 unspecified atom stereocenters. The van der Waals surface area contributed by atoms with Crippen LogP contribution in [-0.2, 0) is 11.0 Å². The molecule has 1 amide bonds. The van der Waals surface area contributed by atoms with Crippen molar-refractivity contribution in [1.29, 1.82) is 0 Å². The van der Waals surface area contributed by atoms with Gasteiger partial charge in [0.25, 0.3) is 0 Å². The standard InChI is InChI=1S/C20H29F3N4O/c21-20(22,23)17-8-5-9-24-18(17)27-13-6-7-16(15-27)19(28)25-10-14-26-11-3-1-2-4-12-26/h5,8-9,16H,1-4,6-7,10-15H2,(H,25,28). The normalized spacial score (nSPS) is 22.0. The predicted octanol–water partition coefficient (Wildman–Crippen LogP) is 3.31. The molecular formula is C20H29F3N4O. The fourth-order valence-corrected chi connectivity index (χ4v) is 4.10. The maximum Gasteiger partial charge on any atom is 0.419 e. The average Bonchev–Trinajstić information content (AvgIpc) is 2.96. The molecule has 2 fully saturated rings. The van der Waals surface area contributed by atoms with E-state index in [1.165, 1.54) is 37.9 Å². The van der Waals surface area contributed by atoms with Gasteiger partial charge in [-0.3, -0.25) is 4.79 Å². The molecule has 0 spiro atoms. The molecule has 1 N–H and O–H groups in total. The lowest BCUT2D eigenvalue weighted by atomic mass is 9.96. The van der Waals surface area contributed by atoms with Crippen LogP contribution in [0.5, 0.6) is 0 Å². The molecule has 0 radical (unpaired) electrons. The number of rotatable bonds is 5. The van der Waals surface area contributed by atoms with Crippen LogP contribution in [0.1, 0.15) is 44.1 Å². The third kappa shape index (κ3) is 5.59. The number of anilines is 1. The maximum absolute atomic E-state index is 13.3. The zero-order chi connectivity index (χ0) is 20.0. The highest BCUT2D eigenvalue weighted by molar-refractivity contribution is 5.79. The molecule has 3 heterocycles. The maximum atomic E-state index is 13.3. The number of carbonyl (C=O) groups excluding carboxylic acids is 1. The highest BCUT2D eigenvalue weighted by Crippen LogP contribution is 2.36. The summed E-state index contributed by atoms with van der Waals surface area (Å²) in [6.07, 6.45) is 3.25. The quantitative estimate of drug-likeness (QED) is 0.827. The Morgan fingerprint density at radius 2 is 1.89 bits per heavy atom. The minimum Gasteiger partial charge on any atom is -0.355 e. The Bertz CT molecular complexity index is 645. The zero-order valence-corrected chi connectivity index (χ0v) is 16.2. The molecule has 0 bridgehead atoms. The van der Waals surface area contributed by atoms with Gasteiger partial charge in [-0.05, 0) is 50.9 Å². The summed E-state index contributed by atoms with van der Waals surface area (Å²) in [5.74, 6) is -0.443. The van der Waals surface area contributed by atoms with Crippen LogP contribution in [0, 0.1) is 5.92 Å². The first-order valence-electron chi connectivity index (χ1n) is 10.2. The van der Waals surface area contributed by atoms with Gasteiger partial charge in [-0.2, -0.15) is 13.2 Å². The van der Waals surface area contributed by atoms with E-state index in [1.807, 2.05) is 0 Å². The highest BCUT2D eigenvalue weighted by atomic mass is 19.4. The van der Waals surface area contributed by atoms with Crippen LogP contribution in [0.2, 0.25) is 0 Å². The number of alkyl halides is 3. The second-order valence-corrected chi connectivity index (χ2v) is 7.70. The fraction of sp³-hybridized carbons (Fsp3) is 0.700. The van der Waals surface area contributed by atoms with Gasteiger partial charge in [-0.15, -0.1) is 0 Å². The summed E-state index contributed by atoms with van der Waals surface area (Å²) in [6.45, 7) is 4.33. The van der Waals surface area contributed by atoms with E-state index in [1.54, 1.807) is 4.90 Å². The SMILES string of the molecule is O=C(NCCN1CCCCCC1)C1CCCN(c2ncccc2C(F)(F)F)C1. The molecule has 5 nitrogen and oxygen atoms in total. The topological polar surface area (TPSA) is 48.5 Å². The van der Waals surface area contributed by atoms with Crippen molar-refractivity contribution in [2.75, 3.05) is 44.2 Å². The van der Waals surface area contributed by atoms with E-state index < -0.39 is 11.7 Å². The van der Waals surface area contributed by atoms with Gasteiger partial charge in [0.05, 0.1) is 11.5 Å². The van der Waals surface area contributed by atoms with E-state index in [0.717, 1.165) is 25.7 Å². The van der Waals surface area contributed by atoms with E-state index >= 15 is 0 Å². The van der Waals surface area contributed by atoms with Crippen LogP contribution in [0.3, 0.4) is 0 Å². The molecule has 3 rings (SSSR count). The molecule has 1 aromatic heterocycles. The van der Waals surface area contributed by atoms with Crippen LogP contribution in [-0.4, -0.2) is 55.1 Å². The number of halogens is 3. The highest BCUT2D eigenvalue weighted by Gasteiger charge is 2.37. The van der Waals surface area contributed by atoms with Crippen LogP contribution in [0.15, 0.2) is 18.3 Å². The van der Waals surface area contributed by atoms with Crippen molar-refractivity contribution in [1.82, 2.24) is 15.2 Å². The number of piperidine rings is 1. The monoisotopic (exact) mass is 398 g/mol. The Balaban J connectivity index is 1.54. The molecule has 2 aliphatic heterocycles. The Hall–Kier alpha value is -1.83. The summed E-state index contributed by atoms with van der Waals surface area (Å²) in [6, 6.07) is 2.34. The van der Waals surface area contributed by atoms with Gasteiger partial charge in [0.2, 0.25) is 5.91 Å². The van der Waals surface area contributed by atoms with E-state index in [0.29, 0.717) is 25.9 Å². The molecule has 0 aromatic carbocycles. The molecule has 2 aliphatic rings. The van der Waals surface area contributed by atoms with Crippen LogP contribution in [0.25, 0.3) is 0 Å². The lowest BCUT2D eigenvalue weighted by molar-refractivity contribution is -0.137. The first kappa shape index (κ1) is 20.9. The van der Waals surface area contributed by atoms with Gasteiger partial charge in [0, 0.05) is 32.4 Å². The molecular weight excluding hydrogens is 369 g/mol. The van der Waals surface area contributed by atoms with Crippen molar-refractivity contribution in [3.63, 3.8) is 0 Å². The van der Waals surface area contributed by atoms with Gasteiger partial charge in [-0.1, -0.05) is 12.8 Å². The van der Waals surface area contributed by atoms with Gasteiger partial charge < -0.3 is 15.1 Å². The van der Waals surface area contributed by atoms with Gasteiger partial charge in [-0.25, -0.2) is 4.98 Å². The molecule has 28 heavy (non-hydrogen) atoms. The summed E-state index contributed by atoms with van der Waals surface area (Å²) >= 11 is 0. The molecule has 0 aliphatic carbocycles. The molecule has 8 heteroatoms. The summed E-state index contributed by atoms with van der Waals surface area (Å²) in [7, 11) is 0. The third-order valence-electron chi connectivity index (χ3n) is 5.61. The van der Waals surface area contributed by atoms with Gasteiger partial charge >= 0.3 is 6.18 Å². The predicted molar refractivity (Wildman–Crippen MR) is 102 cm³/mol. The number of nitrogens with zero attached hydrogens (tertiary/aromatic N) is 3. The lowest BCUT2D eigenvalue weighted by Gasteiger charge is -2.34. The number of pyridine rings is 1. The second kappa shape index (κ2) is 9.58. The van der Waals surface area contributed by atoms with Crippen molar-refractivity contribution >= 4 is 11.7 Å². The first-order chi connectivity index (χ1) is 13.4. The number of aromatic nitrogens is 1. The largest absolute Gasteiger partial charge is 0.419 e. The Morgan fingerprint density at radius 1 is 1.14 bits per heavy atom. The van der Waals surface area contributed by atoms with Gasteiger partial charge in [0.15, 0.2) is 0 Å². The zero-order valence-electron chi connectivity index (χ0n) is 16.2. The van der Waals surface area contributed by atoms with Crippen molar-refractivity contribution < 1.29 is 18.0 Å². The van der Waals surface area contributed by atoms with Gasteiger partial charge in [0.1, 0.15) is 5.82 Å². The third-order valence-corrected chi connectivity index (χ3v) is 5.61. The molecule has 1 atom stereocenters. The first-order valence-corrected chi connectivity index (χ1v) is 10.2. The van der Waals surface area contributed by atoms with Crippen molar-refractivity contribution in [2.45, 2.75) is 44.7 Å². The van der Waals surface area contributed by atoms with Crippen LogP contribution >= 0.6 is 0 Å². The molecule has 1 aromatic rings. The molecule has 2 saturated heterocycles. The minimum atomic E-state index is -4.45. The summed E-state index contributed by atoms with van der Waals surface area (Å²) in [5, 5.41) is 2.99. The number of likely N-dealkylation sites (tertiary alicyclic amines) is 1. The molecule has 156 valence electrons. The Morgan fingerprint density at radius 3 is 2.61 bits per heavy atom. The van der Waals surface area contributed by atoms with E-state index in [9.17, 15) is 18.0 Å². The van der Waals surface area contributed by atoms with Crippen LogP contribution in [0.4, 0.5) is 19.0 Å². The number of hydrogen-bond acceptors (Lipinski definition) is 4. The average molecular weight is 398 g/mol.